The summed E-state index contributed by atoms with van der Waals surface area (Å²) in [5.41, 5.74) is 6.38. The minimum absolute atomic E-state index is 0.262. The number of alkyl halides is 3. The van der Waals surface area contributed by atoms with Gasteiger partial charge in [0, 0.05) is 11.6 Å². The topological polar surface area (TPSA) is 35.2 Å². The smallest absolute Gasteiger partial charge is 0.392 e. The number of benzene rings is 1. The Balaban J connectivity index is 2.60. The molecule has 0 amide bonds. The third-order valence-corrected chi connectivity index (χ3v) is 2.05. The third kappa shape index (κ3) is 4.10. The predicted octanol–water partition coefficient (Wildman–Crippen LogP) is 3.04. The van der Waals surface area contributed by atoms with E-state index in [0.717, 1.165) is 0 Å². The lowest BCUT2D eigenvalue weighted by Crippen LogP contribution is -2.14. The molecule has 16 heavy (non-hydrogen) atoms. The van der Waals surface area contributed by atoms with Gasteiger partial charge in [-0.25, -0.2) is 0 Å². The zero-order valence-electron chi connectivity index (χ0n) is 8.92. The summed E-state index contributed by atoms with van der Waals surface area (Å²) in [6.07, 6.45) is -5.15. The molecule has 0 saturated carbocycles. The van der Waals surface area contributed by atoms with Crippen molar-refractivity contribution in [3.8, 4) is 5.75 Å². The zero-order valence-corrected chi connectivity index (χ0v) is 8.92. The molecule has 0 aliphatic carbocycles. The lowest BCUT2D eigenvalue weighted by molar-refractivity contribution is -0.139. The monoisotopic (exact) mass is 233 g/mol. The van der Waals surface area contributed by atoms with Crippen LogP contribution in [0, 0.1) is 0 Å². The SMILES string of the molecule is CC(N)c1ccccc1OCCC(F)(F)F. The van der Waals surface area contributed by atoms with E-state index in [-0.39, 0.29) is 12.6 Å². The average molecular weight is 233 g/mol. The summed E-state index contributed by atoms with van der Waals surface area (Å²) in [6.45, 7) is 1.37. The van der Waals surface area contributed by atoms with Gasteiger partial charge in [-0.05, 0) is 13.0 Å². The summed E-state index contributed by atoms with van der Waals surface area (Å²) in [6, 6.07) is 6.58. The van der Waals surface area contributed by atoms with Crippen LogP contribution in [0.25, 0.3) is 0 Å². The van der Waals surface area contributed by atoms with Gasteiger partial charge in [-0.2, -0.15) is 13.2 Å². The fourth-order valence-electron chi connectivity index (χ4n) is 1.26. The van der Waals surface area contributed by atoms with E-state index in [4.69, 9.17) is 10.5 Å². The molecule has 90 valence electrons. The van der Waals surface area contributed by atoms with E-state index < -0.39 is 12.6 Å². The first-order valence-electron chi connectivity index (χ1n) is 4.94. The summed E-state index contributed by atoms with van der Waals surface area (Å²) in [4.78, 5) is 0. The van der Waals surface area contributed by atoms with Crippen LogP contribution < -0.4 is 10.5 Å². The summed E-state index contributed by atoms with van der Waals surface area (Å²) in [5.74, 6) is 0.418. The summed E-state index contributed by atoms with van der Waals surface area (Å²) >= 11 is 0. The van der Waals surface area contributed by atoms with Crippen molar-refractivity contribution in [2.75, 3.05) is 6.61 Å². The van der Waals surface area contributed by atoms with Crippen LogP contribution in [0.15, 0.2) is 24.3 Å². The number of hydrogen-bond donors (Lipinski definition) is 1. The molecule has 5 heteroatoms. The first kappa shape index (κ1) is 12.8. The molecular weight excluding hydrogens is 219 g/mol. The molecule has 1 aromatic rings. The number of para-hydroxylation sites is 1. The Bertz CT molecular complexity index is 336. The van der Waals surface area contributed by atoms with Gasteiger partial charge in [0.15, 0.2) is 0 Å². The van der Waals surface area contributed by atoms with Crippen molar-refractivity contribution in [1.29, 1.82) is 0 Å². The van der Waals surface area contributed by atoms with Gasteiger partial charge in [0.05, 0.1) is 13.0 Å². The molecule has 1 rings (SSSR count). The van der Waals surface area contributed by atoms with Crippen LogP contribution in [0.2, 0.25) is 0 Å². The third-order valence-electron chi connectivity index (χ3n) is 2.05. The Kier molecular flexibility index (Phi) is 4.18. The molecule has 0 aliphatic heterocycles. The van der Waals surface area contributed by atoms with Gasteiger partial charge in [-0.15, -0.1) is 0 Å². The van der Waals surface area contributed by atoms with Gasteiger partial charge in [0.25, 0.3) is 0 Å². The van der Waals surface area contributed by atoms with Gasteiger partial charge >= 0.3 is 6.18 Å². The molecule has 0 aliphatic rings. The van der Waals surface area contributed by atoms with E-state index in [1.54, 1.807) is 31.2 Å². The van der Waals surface area contributed by atoms with Gasteiger partial charge in [-0.1, -0.05) is 18.2 Å². The Labute approximate surface area is 92.2 Å². The number of hydrogen-bond acceptors (Lipinski definition) is 2. The van der Waals surface area contributed by atoms with Crippen molar-refractivity contribution in [3.05, 3.63) is 29.8 Å². The summed E-state index contributed by atoms with van der Waals surface area (Å²) in [5, 5.41) is 0. The maximum atomic E-state index is 11.9. The molecule has 0 fully saturated rings. The Morgan fingerprint density at radius 3 is 2.50 bits per heavy atom. The van der Waals surface area contributed by atoms with Crippen LogP contribution in [-0.4, -0.2) is 12.8 Å². The highest BCUT2D eigenvalue weighted by molar-refractivity contribution is 5.35. The predicted molar refractivity (Wildman–Crippen MR) is 55.2 cm³/mol. The maximum Gasteiger partial charge on any atom is 0.392 e. The fraction of sp³-hybridized carbons (Fsp3) is 0.455. The molecule has 0 radical (unpaired) electrons. The van der Waals surface area contributed by atoms with Crippen LogP contribution >= 0.6 is 0 Å². The van der Waals surface area contributed by atoms with E-state index in [1.807, 2.05) is 0 Å². The Morgan fingerprint density at radius 2 is 1.94 bits per heavy atom. The van der Waals surface area contributed by atoms with Crippen molar-refractivity contribution < 1.29 is 17.9 Å². The summed E-state index contributed by atoms with van der Waals surface area (Å²) in [7, 11) is 0. The van der Waals surface area contributed by atoms with Gasteiger partial charge in [0.1, 0.15) is 5.75 Å². The lowest BCUT2D eigenvalue weighted by Gasteiger charge is -2.14. The molecule has 0 saturated heterocycles. The Hall–Kier alpha value is -1.23. The van der Waals surface area contributed by atoms with E-state index in [1.165, 1.54) is 0 Å². The number of halogens is 3. The zero-order chi connectivity index (χ0) is 12.2. The molecule has 2 N–H and O–H groups in total. The van der Waals surface area contributed by atoms with Crippen molar-refractivity contribution in [2.45, 2.75) is 25.6 Å². The quantitative estimate of drug-likeness (QED) is 0.867. The summed E-state index contributed by atoms with van der Waals surface area (Å²) < 4.78 is 40.8. The Morgan fingerprint density at radius 1 is 1.31 bits per heavy atom. The molecule has 1 unspecified atom stereocenters. The van der Waals surface area contributed by atoms with Crippen LogP contribution in [0.5, 0.6) is 5.75 Å². The van der Waals surface area contributed by atoms with Crippen LogP contribution in [0.3, 0.4) is 0 Å². The minimum atomic E-state index is -4.19. The number of rotatable bonds is 4. The highest BCUT2D eigenvalue weighted by Crippen LogP contribution is 2.25. The van der Waals surface area contributed by atoms with E-state index in [2.05, 4.69) is 0 Å². The van der Waals surface area contributed by atoms with Crippen molar-refractivity contribution >= 4 is 0 Å². The molecular formula is C11H14F3NO. The fourth-order valence-corrected chi connectivity index (χ4v) is 1.26. The lowest BCUT2D eigenvalue weighted by atomic mass is 10.1. The number of nitrogens with two attached hydrogens (primary N) is 1. The standard InChI is InChI=1S/C11H14F3NO/c1-8(15)9-4-2-3-5-10(9)16-7-6-11(12,13)14/h2-5,8H,6-7,15H2,1H3. The second-order valence-corrected chi connectivity index (χ2v) is 3.54. The average Bonchev–Trinajstić information content (AvgIpc) is 2.16. The normalized spacial score (nSPS) is 13.6. The van der Waals surface area contributed by atoms with E-state index >= 15 is 0 Å². The maximum absolute atomic E-state index is 11.9. The van der Waals surface area contributed by atoms with Crippen molar-refractivity contribution in [2.24, 2.45) is 5.73 Å². The second-order valence-electron chi connectivity index (χ2n) is 3.54. The number of ether oxygens (including phenoxy) is 1. The van der Waals surface area contributed by atoms with Crippen LogP contribution in [0.4, 0.5) is 13.2 Å². The first-order valence-corrected chi connectivity index (χ1v) is 4.94. The van der Waals surface area contributed by atoms with E-state index in [0.29, 0.717) is 11.3 Å². The molecule has 0 spiro atoms. The van der Waals surface area contributed by atoms with Gasteiger partial charge < -0.3 is 10.5 Å². The molecule has 0 aromatic heterocycles. The van der Waals surface area contributed by atoms with E-state index in [9.17, 15) is 13.2 Å². The minimum Gasteiger partial charge on any atom is -0.493 e. The highest BCUT2D eigenvalue weighted by atomic mass is 19.4. The van der Waals surface area contributed by atoms with Gasteiger partial charge in [-0.3, -0.25) is 0 Å². The largest absolute Gasteiger partial charge is 0.493 e. The van der Waals surface area contributed by atoms with Crippen molar-refractivity contribution in [1.82, 2.24) is 0 Å². The highest BCUT2D eigenvalue weighted by Gasteiger charge is 2.27. The molecule has 2 nitrogen and oxygen atoms in total. The first-order chi connectivity index (χ1) is 7.40. The molecule has 0 bridgehead atoms. The second kappa shape index (κ2) is 5.21. The van der Waals surface area contributed by atoms with Crippen molar-refractivity contribution in [3.63, 3.8) is 0 Å². The van der Waals surface area contributed by atoms with Crippen LogP contribution in [0.1, 0.15) is 24.9 Å². The van der Waals surface area contributed by atoms with Crippen LogP contribution in [-0.2, 0) is 0 Å². The molecule has 0 heterocycles. The molecule has 1 atom stereocenters. The van der Waals surface area contributed by atoms with Gasteiger partial charge in [0.2, 0.25) is 0 Å². The molecule has 1 aromatic carbocycles.